The maximum atomic E-state index is 12.6. The maximum absolute atomic E-state index is 12.6. The van der Waals surface area contributed by atoms with E-state index < -0.39 is 0 Å². The molecule has 1 aromatic carbocycles. The second kappa shape index (κ2) is 5.29. The van der Waals surface area contributed by atoms with Crippen LogP contribution in [-0.4, -0.2) is 35.4 Å². The molecule has 0 aliphatic carbocycles. The van der Waals surface area contributed by atoms with Crippen LogP contribution in [-0.2, 0) is 0 Å². The van der Waals surface area contributed by atoms with E-state index >= 15 is 0 Å². The molecule has 3 nitrogen and oxygen atoms in total. The van der Waals surface area contributed by atoms with Gasteiger partial charge in [-0.1, -0.05) is 18.2 Å². The summed E-state index contributed by atoms with van der Waals surface area (Å²) < 4.78 is 5.76. The predicted molar refractivity (Wildman–Crippen MR) is 78.8 cm³/mol. The Balaban J connectivity index is 1.94. The molecule has 0 atom stereocenters. The van der Waals surface area contributed by atoms with Gasteiger partial charge in [0.05, 0.1) is 0 Å². The highest BCUT2D eigenvalue weighted by Crippen LogP contribution is 2.26. The average molecular weight is 275 g/mol. The normalized spacial score (nSPS) is 16.6. The zero-order valence-electron chi connectivity index (χ0n) is 11.0. The van der Waals surface area contributed by atoms with E-state index in [2.05, 4.69) is 0 Å². The lowest BCUT2D eigenvalue weighted by Crippen LogP contribution is -2.33. The molecule has 1 amide bonds. The monoisotopic (exact) mass is 275 g/mol. The summed E-state index contributed by atoms with van der Waals surface area (Å²) >= 11 is 1.92. The summed E-state index contributed by atoms with van der Waals surface area (Å²) in [6, 6.07) is 7.82. The number of furan rings is 1. The van der Waals surface area contributed by atoms with Crippen molar-refractivity contribution in [2.45, 2.75) is 13.3 Å². The van der Waals surface area contributed by atoms with E-state index in [0.29, 0.717) is 5.76 Å². The smallest absolute Gasteiger partial charge is 0.289 e. The van der Waals surface area contributed by atoms with Crippen molar-refractivity contribution in [2.75, 3.05) is 24.6 Å². The van der Waals surface area contributed by atoms with Gasteiger partial charge in [0.2, 0.25) is 0 Å². The molecule has 100 valence electrons. The van der Waals surface area contributed by atoms with Gasteiger partial charge in [-0.2, -0.15) is 11.8 Å². The topological polar surface area (TPSA) is 33.5 Å². The summed E-state index contributed by atoms with van der Waals surface area (Å²) in [7, 11) is 0. The van der Waals surface area contributed by atoms with Crippen LogP contribution < -0.4 is 0 Å². The van der Waals surface area contributed by atoms with Gasteiger partial charge in [-0.05, 0) is 25.2 Å². The van der Waals surface area contributed by atoms with Gasteiger partial charge < -0.3 is 9.32 Å². The number of carbonyl (C=O) groups is 1. The van der Waals surface area contributed by atoms with E-state index in [-0.39, 0.29) is 5.91 Å². The first kappa shape index (κ1) is 12.6. The molecule has 0 bridgehead atoms. The van der Waals surface area contributed by atoms with Crippen LogP contribution in [0.25, 0.3) is 11.0 Å². The van der Waals surface area contributed by atoms with Crippen molar-refractivity contribution in [3.63, 3.8) is 0 Å². The Labute approximate surface area is 117 Å². The van der Waals surface area contributed by atoms with E-state index in [4.69, 9.17) is 4.42 Å². The van der Waals surface area contributed by atoms with Gasteiger partial charge in [0.15, 0.2) is 5.76 Å². The number of nitrogens with zero attached hydrogens (tertiary/aromatic N) is 1. The lowest BCUT2D eigenvalue weighted by Gasteiger charge is -2.18. The fourth-order valence-electron chi connectivity index (χ4n) is 2.47. The molecule has 0 saturated carbocycles. The molecule has 3 rings (SSSR count). The molecule has 1 aromatic heterocycles. The van der Waals surface area contributed by atoms with E-state index in [1.165, 1.54) is 0 Å². The summed E-state index contributed by atoms with van der Waals surface area (Å²) in [5.41, 5.74) is 1.75. The van der Waals surface area contributed by atoms with Crippen LogP contribution in [0, 0.1) is 6.92 Å². The molecule has 4 heteroatoms. The van der Waals surface area contributed by atoms with Crippen LogP contribution >= 0.6 is 11.8 Å². The number of benzene rings is 1. The number of carbonyl (C=O) groups excluding carboxylic acids is 1. The van der Waals surface area contributed by atoms with Crippen LogP contribution in [0.15, 0.2) is 28.7 Å². The number of amides is 1. The average Bonchev–Trinajstić information content (AvgIpc) is 2.64. The first-order valence-electron chi connectivity index (χ1n) is 6.62. The van der Waals surface area contributed by atoms with Gasteiger partial charge in [-0.3, -0.25) is 4.79 Å². The second-order valence-corrected chi connectivity index (χ2v) is 6.04. The van der Waals surface area contributed by atoms with Gasteiger partial charge in [-0.15, -0.1) is 0 Å². The van der Waals surface area contributed by atoms with Gasteiger partial charge in [-0.25, -0.2) is 0 Å². The number of thioether (sulfide) groups is 1. The van der Waals surface area contributed by atoms with Crippen molar-refractivity contribution in [3.05, 3.63) is 35.6 Å². The van der Waals surface area contributed by atoms with E-state index in [1.54, 1.807) is 0 Å². The third-order valence-electron chi connectivity index (χ3n) is 3.55. The molecule has 0 radical (unpaired) electrons. The summed E-state index contributed by atoms with van der Waals surface area (Å²) in [6.45, 7) is 3.62. The highest BCUT2D eigenvalue weighted by atomic mass is 32.2. The number of aryl methyl sites for hydroxylation is 1. The van der Waals surface area contributed by atoms with Crippen molar-refractivity contribution in [3.8, 4) is 0 Å². The van der Waals surface area contributed by atoms with Crippen molar-refractivity contribution in [1.29, 1.82) is 0 Å². The maximum Gasteiger partial charge on any atom is 0.289 e. The minimum Gasteiger partial charge on any atom is -0.451 e. The van der Waals surface area contributed by atoms with Crippen LogP contribution in [0.2, 0.25) is 0 Å². The lowest BCUT2D eigenvalue weighted by molar-refractivity contribution is 0.0738. The number of hydrogen-bond donors (Lipinski definition) is 0. The van der Waals surface area contributed by atoms with Gasteiger partial charge >= 0.3 is 0 Å². The first-order valence-corrected chi connectivity index (χ1v) is 7.78. The third kappa shape index (κ3) is 2.37. The molecule has 1 aliphatic rings. The van der Waals surface area contributed by atoms with Gasteiger partial charge in [0.25, 0.3) is 5.91 Å². The Bertz CT molecular complexity index is 597. The Morgan fingerprint density at radius 1 is 1.26 bits per heavy atom. The van der Waals surface area contributed by atoms with Crippen LogP contribution in [0.1, 0.15) is 22.5 Å². The Morgan fingerprint density at radius 3 is 2.95 bits per heavy atom. The summed E-state index contributed by atoms with van der Waals surface area (Å²) in [4.78, 5) is 14.5. The van der Waals surface area contributed by atoms with Crippen LogP contribution in [0.5, 0.6) is 0 Å². The fraction of sp³-hybridized carbons (Fsp3) is 0.400. The number of hydrogen-bond acceptors (Lipinski definition) is 3. The molecule has 0 N–H and O–H groups in total. The molecular weight excluding hydrogens is 258 g/mol. The van der Waals surface area contributed by atoms with Crippen molar-refractivity contribution in [1.82, 2.24) is 4.90 Å². The minimum absolute atomic E-state index is 0.0381. The van der Waals surface area contributed by atoms with Crippen LogP contribution in [0.4, 0.5) is 0 Å². The lowest BCUT2D eigenvalue weighted by atomic mass is 10.1. The number of para-hydroxylation sites is 1. The molecule has 0 unspecified atom stereocenters. The van der Waals surface area contributed by atoms with Crippen molar-refractivity contribution in [2.24, 2.45) is 0 Å². The zero-order chi connectivity index (χ0) is 13.2. The Kier molecular flexibility index (Phi) is 3.51. The van der Waals surface area contributed by atoms with Crippen molar-refractivity contribution < 1.29 is 9.21 Å². The van der Waals surface area contributed by atoms with Crippen molar-refractivity contribution >= 4 is 28.6 Å². The van der Waals surface area contributed by atoms with Gasteiger partial charge in [0.1, 0.15) is 5.58 Å². The van der Waals surface area contributed by atoms with E-state index in [9.17, 15) is 4.79 Å². The molecule has 1 aliphatic heterocycles. The predicted octanol–water partition coefficient (Wildman–Crippen LogP) is 3.32. The summed E-state index contributed by atoms with van der Waals surface area (Å²) in [6.07, 6.45) is 1.07. The summed E-state index contributed by atoms with van der Waals surface area (Å²) in [5.74, 6) is 2.71. The minimum atomic E-state index is 0.0381. The fourth-order valence-corrected chi connectivity index (χ4v) is 3.36. The highest BCUT2D eigenvalue weighted by Gasteiger charge is 2.23. The zero-order valence-corrected chi connectivity index (χ0v) is 11.8. The quantitative estimate of drug-likeness (QED) is 0.800. The van der Waals surface area contributed by atoms with Gasteiger partial charge in [0, 0.05) is 29.8 Å². The molecule has 2 heterocycles. The van der Waals surface area contributed by atoms with Crippen LogP contribution in [0.3, 0.4) is 0 Å². The van der Waals surface area contributed by atoms with E-state index in [0.717, 1.165) is 47.5 Å². The number of rotatable bonds is 1. The largest absolute Gasteiger partial charge is 0.451 e. The molecule has 19 heavy (non-hydrogen) atoms. The Morgan fingerprint density at radius 2 is 2.11 bits per heavy atom. The third-order valence-corrected chi connectivity index (χ3v) is 4.60. The Hall–Kier alpha value is -1.42. The molecule has 0 spiro atoms. The standard InChI is InChI=1S/C15H17NO2S/c1-11-12-5-2-3-6-13(12)18-14(11)15(17)16-7-4-9-19-10-8-16/h2-3,5-6H,4,7-10H2,1H3. The van der Waals surface area contributed by atoms with E-state index in [1.807, 2.05) is 47.9 Å². The SMILES string of the molecule is Cc1c(C(=O)N2CCCSCC2)oc2ccccc12. The second-order valence-electron chi connectivity index (χ2n) is 4.81. The number of fused-ring (bicyclic) bond motifs is 1. The molecular formula is C15H17NO2S. The first-order chi connectivity index (χ1) is 9.27. The summed E-state index contributed by atoms with van der Waals surface area (Å²) in [5, 5.41) is 1.04. The highest BCUT2D eigenvalue weighted by molar-refractivity contribution is 7.99. The molecule has 1 fully saturated rings. The molecule has 2 aromatic rings. The molecule has 1 saturated heterocycles.